The van der Waals surface area contributed by atoms with Crippen LogP contribution < -0.4 is 5.32 Å². The van der Waals surface area contributed by atoms with Crippen molar-refractivity contribution in [2.75, 3.05) is 5.32 Å². The van der Waals surface area contributed by atoms with Crippen molar-refractivity contribution >= 4 is 17.0 Å². The van der Waals surface area contributed by atoms with Crippen LogP contribution in [0.25, 0.3) is 0 Å². The molecular formula is C14H17NS. The van der Waals surface area contributed by atoms with Crippen LogP contribution in [0.15, 0.2) is 29.6 Å². The molecule has 16 heavy (non-hydrogen) atoms. The predicted molar refractivity (Wildman–Crippen MR) is 72.3 cm³/mol. The van der Waals surface area contributed by atoms with E-state index in [1.165, 1.54) is 27.3 Å². The Labute approximate surface area is 101 Å². The minimum Gasteiger partial charge on any atom is -0.380 e. The Morgan fingerprint density at radius 2 is 1.75 bits per heavy atom. The van der Waals surface area contributed by atoms with Crippen molar-refractivity contribution in [3.63, 3.8) is 0 Å². The van der Waals surface area contributed by atoms with Crippen LogP contribution in [0.4, 0.5) is 5.69 Å². The summed E-state index contributed by atoms with van der Waals surface area (Å²) in [4.78, 5) is 1.42. The fraction of sp³-hybridized carbons (Fsp3) is 0.286. The molecule has 1 N–H and O–H groups in total. The third-order valence-electron chi connectivity index (χ3n) is 2.64. The highest BCUT2D eigenvalue weighted by molar-refractivity contribution is 7.10. The maximum absolute atomic E-state index is 3.48. The van der Waals surface area contributed by atoms with Crippen molar-refractivity contribution in [1.29, 1.82) is 0 Å². The standard InChI is InChI=1S/C14H17NS/c1-10-6-11(2)8-13(7-10)15-9-14-12(3)4-5-16-14/h4-8,15H,9H2,1-3H3. The smallest absolute Gasteiger partial charge is 0.0496 e. The average molecular weight is 231 g/mol. The Morgan fingerprint density at radius 1 is 1.06 bits per heavy atom. The van der Waals surface area contributed by atoms with Crippen molar-refractivity contribution < 1.29 is 0 Å². The number of anilines is 1. The molecule has 84 valence electrons. The molecule has 2 aromatic rings. The van der Waals surface area contributed by atoms with Crippen LogP contribution in [0.2, 0.25) is 0 Å². The van der Waals surface area contributed by atoms with Crippen molar-refractivity contribution in [1.82, 2.24) is 0 Å². The molecule has 0 aliphatic carbocycles. The van der Waals surface area contributed by atoms with E-state index >= 15 is 0 Å². The van der Waals surface area contributed by atoms with E-state index in [9.17, 15) is 0 Å². The van der Waals surface area contributed by atoms with Crippen LogP contribution in [0.1, 0.15) is 21.6 Å². The lowest BCUT2D eigenvalue weighted by atomic mass is 10.1. The van der Waals surface area contributed by atoms with E-state index in [0.717, 1.165) is 6.54 Å². The second-order valence-corrected chi connectivity index (χ2v) is 5.26. The summed E-state index contributed by atoms with van der Waals surface area (Å²) in [6, 6.07) is 8.75. The minimum atomic E-state index is 0.923. The summed E-state index contributed by atoms with van der Waals surface area (Å²) in [6.07, 6.45) is 0. The molecular weight excluding hydrogens is 214 g/mol. The molecule has 0 atom stereocenters. The molecule has 2 heteroatoms. The number of hydrogen-bond donors (Lipinski definition) is 1. The molecule has 0 saturated heterocycles. The van der Waals surface area contributed by atoms with Gasteiger partial charge in [-0.05, 0) is 61.0 Å². The summed E-state index contributed by atoms with van der Waals surface area (Å²) in [7, 11) is 0. The summed E-state index contributed by atoms with van der Waals surface area (Å²) >= 11 is 1.81. The summed E-state index contributed by atoms with van der Waals surface area (Å²) in [5, 5.41) is 5.63. The lowest BCUT2D eigenvalue weighted by Crippen LogP contribution is -1.99. The van der Waals surface area contributed by atoms with Gasteiger partial charge in [-0.2, -0.15) is 0 Å². The van der Waals surface area contributed by atoms with E-state index in [-0.39, 0.29) is 0 Å². The van der Waals surface area contributed by atoms with Gasteiger partial charge in [0.05, 0.1) is 0 Å². The third-order valence-corrected chi connectivity index (χ3v) is 3.67. The Balaban J connectivity index is 2.07. The van der Waals surface area contributed by atoms with E-state index in [0.29, 0.717) is 0 Å². The first-order valence-corrected chi connectivity index (χ1v) is 6.38. The Bertz CT molecular complexity index is 465. The Morgan fingerprint density at radius 3 is 2.31 bits per heavy atom. The van der Waals surface area contributed by atoms with Gasteiger partial charge < -0.3 is 5.32 Å². The Kier molecular flexibility index (Phi) is 3.30. The molecule has 2 rings (SSSR count). The highest BCUT2D eigenvalue weighted by Gasteiger charge is 2.00. The van der Waals surface area contributed by atoms with Crippen molar-refractivity contribution in [3.8, 4) is 0 Å². The molecule has 0 unspecified atom stereocenters. The molecule has 1 aromatic heterocycles. The fourth-order valence-corrected chi connectivity index (χ4v) is 2.69. The van der Waals surface area contributed by atoms with Crippen LogP contribution in [0, 0.1) is 20.8 Å². The number of hydrogen-bond acceptors (Lipinski definition) is 2. The molecule has 1 aromatic carbocycles. The van der Waals surface area contributed by atoms with E-state index in [2.05, 4.69) is 55.7 Å². The van der Waals surface area contributed by atoms with E-state index < -0.39 is 0 Å². The van der Waals surface area contributed by atoms with Gasteiger partial charge in [-0.15, -0.1) is 11.3 Å². The number of aryl methyl sites for hydroxylation is 3. The largest absolute Gasteiger partial charge is 0.380 e. The first kappa shape index (κ1) is 11.2. The average Bonchev–Trinajstić information content (AvgIpc) is 2.59. The highest BCUT2D eigenvalue weighted by Crippen LogP contribution is 2.19. The molecule has 0 amide bonds. The van der Waals surface area contributed by atoms with Gasteiger partial charge in [0.1, 0.15) is 0 Å². The molecule has 1 nitrogen and oxygen atoms in total. The number of nitrogens with one attached hydrogen (secondary N) is 1. The first-order valence-electron chi connectivity index (χ1n) is 5.50. The van der Waals surface area contributed by atoms with Gasteiger partial charge in [0.15, 0.2) is 0 Å². The molecule has 0 aliphatic heterocycles. The second-order valence-electron chi connectivity index (χ2n) is 4.26. The molecule has 1 heterocycles. The summed E-state index contributed by atoms with van der Waals surface area (Å²) in [6.45, 7) is 7.35. The van der Waals surface area contributed by atoms with Gasteiger partial charge in [0.2, 0.25) is 0 Å². The van der Waals surface area contributed by atoms with Crippen LogP contribution >= 0.6 is 11.3 Å². The highest BCUT2D eigenvalue weighted by atomic mass is 32.1. The summed E-state index contributed by atoms with van der Waals surface area (Å²) in [5.74, 6) is 0. The summed E-state index contributed by atoms with van der Waals surface area (Å²) < 4.78 is 0. The first-order chi connectivity index (χ1) is 7.65. The zero-order valence-corrected chi connectivity index (χ0v) is 10.8. The topological polar surface area (TPSA) is 12.0 Å². The maximum atomic E-state index is 3.48. The van der Waals surface area contributed by atoms with Gasteiger partial charge in [0.25, 0.3) is 0 Å². The normalized spacial score (nSPS) is 10.4. The summed E-state index contributed by atoms with van der Waals surface area (Å²) in [5.41, 5.74) is 5.21. The molecule has 0 radical (unpaired) electrons. The number of benzene rings is 1. The molecule has 0 spiro atoms. The zero-order valence-electron chi connectivity index (χ0n) is 10.0. The van der Waals surface area contributed by atoms with E-state index in [4.69, 9.17) is 0 Å². The maximum Gasteiger partial charge on any atom is 0.0496 e. The minimum absolute atomic E-state index is 0.923. The lowest BCUT2D eigenvalue weighted by Gasteiger charge is -2.08. The zero-order chi connectivity index (χ0) is 11.5. The lowest BCUT2D eigenvalue weighted by molar-refractivity contribution is 1.16. The SMILES string of the molecule is Cc1cc(C)cc(NCc2sccc2C)c1. The monoisotopic (exact) mass is 231 g/mol. The van der Waals surface area contributed by atoms with Gasteiger partial charge in [-0.1, -0.05) is 6.07 Å². The van der Waals surface area contributed by atoms with Crippen LogP contribution in [-0.4, -0.2) is 0 Å². The second kappa shape index (κ2) is 4.71. The van der Waals surface area contributed by atoms with Crippen molar-refractivity contribution in [3.05, 3.63) is 51.2 Å². The van der Waals surface area contributed by atoms with Gasteiger partial charge in [0, 0.05) is 17.1 Å². The van der Waals surface area contributed by atoms with Crippen LogP contribution in [0.5, 0.6) is 0 Å². The van der Waals surface area contributed by atoms with Gasteiger partial charge >= 0.3 is 0 Å². The van der Waals surface area contributed by atoms with Crippen molar-refractivity contribution in [2.24, 2.45) is 0 Å². The number of rotatable bonds is 3. The molecule has 0 aliphatic rings. The Hall–Kier alpha value is -1.28. The van der Waals surface area contributed by atoms with E-state index in [1.54, 1.807) is 0 Å². The molecule has 0 saturated carbocycles. The van der Waals surface area contributed by atoms with Crippen molar-refractivity contribution in [2.45, 2.75) is 27.3 Å². The van der Waals surface area contributed by atoms with E-state index in [1.807, 2.05) is 11.3 Å². The van der Waals surface area contributed by atoms with Gasteiger partial charge in [-0.25, -0.2) is 0 Å². The predicted octanol–water partition coefficient (Wildman–Crippen LogP) is 4.29. The fourth-order valence-electron chi connectivity index (χ4n) is 1.84. The van der Waals surface area contributed by atoms with Crippen LogP contribution in [0.3, 0.4) is 0 Å². The molecule has 0 fully saturated rings. The third kappa shape index (κ3) is 2.64. The number of thiophene rings is 1. The quantitative estimate of drug-likeness (QED) is 0.831. The van der Waals surface area contributed by atoms with Gasteiger partial charge in [-0.3, -0.25) is 0 Å². The molecule has 0 bridgehead atoms. The van der Waals surface area contributed by atoms with Crippen LogP contribution in [-0.2, 0) is 6.54 Å².